The molecule has 1 fully saturated rings. The second-order valence-electron chi connectivity index (χ2n) is 12.6. The van der Waals surface area contributed by atoms with Gasteiger partial charge in [-0.05, 0) is 106 Å². The molecular formula is C41H44P2. The van der Waals surface area contributed by atoms with Crippen LogP contribution >= 0.6 is 15.8 Å². The molecule has 0 N–H and O–H groups in total. The molecule has 0 bridgehead atoms. The number of benzene rings is 5. The maximum Gasteiger partial charge on any atom is -0.0116 e. The topological polar surface area (TPSA) is 0 Å². The highest BCUT2D eigenvalue weighted by molar-refractivity contribution is 7.80. The molecule has 0 heterocycles. The Hall–Kier alpha value is -3.04. The predicted molar refractivity (Wildman–Crippen MR) is 193 cm³/mol. The van der Waals surface area contributed by atoms with Crippen molar-refractivity contribution in [2.24, 2.45) is 5.92 Å². The predicted octanol–water partition coefficient (Wildman–Crippen LogP) is 9.08. The van der Waals surface area contributed by atoms with E-state index < -0.39 is 15.8 Å². The molecule has 43 heavy (non-hydrogen) atoms. The van der Waals surface area contributed by atoms with E-state index in [1.807, 2.05) is 0 Å². The van der Waals surface area contributed by atoms with Crippen molar-refractivity contribution in [1.82, 2.24) is 0 Å². The van der Waals surface area contributed by atoms with Crippen LogP contribution in [0.4, 0.5) is 0 Å². The lowest BCUT2D eigenvalue weighted by Gasteiger charge is -2.35. The largest absolute Gasteiger partial charge is 0.0622 e. The Kier molecular flexibility index (Phi) is 9.28. The quantitative estimate of drug-likeness (QED) is 0.156. The summed E-state index contributed by atoms with van der Waals surface area (Å²) in [6.07, 6.45) is 3.90. The number of hydrogen-bond acceptors (Lipinski definition) is 0. The van der Waals surface area contributed by atoms with Gasteiger partial charge in [0.15, 0.2) is 0 Å². The van der Waals surface area contributed by atoms with E-state index in [0.29, 0.717) is 17.5 Å². The van der Waals surface area contributed by atoms with Gasteiger partial charge in [-0.3, -0.25) is 0 Å². The Bertz CT molecular complexity index is 1540. The van der Waals surface area contributed by atoms with Gasteiger partial charge in [-0.25, -0.2) is 0 Å². The summed E-state index contributed by atoms with van der Waals surface area (Å²) in [5.74, 6) is 1.22. The highest BCUT2D eigenvalue weighted by Crippen LogP contribution is 2.53. The molecule has 0 aromatic heterocycles. The molecule has 1 aliphatic carbocycles. The molecule has 5 aromatic rings. The first-order valence-electron chi connectivity index (χ1n) is 15.8. The van der Waals surface area contributed by atoms with Crippen LogP contribution in [0.1, 0.15) is 59.9 Å². The van der Waals surface area contributed by atoms with Crippen LogP contribution in [0.3, 0.4) is 0 Å². The molecule has 6 rings (SSSR count). The maximum absolute atomic E-state index is 2.59. The number of rotatable bonds is 8. The van der Waals surface area contributed by atoms with Crippen molar-refractivity contribution < 1.29 is 0 Å². The van der Waals surface area contributed by atoms with Gasteiger partial charge in [-0.2, -0.15) is 0 Å². The standard InChI is InChI=1S/C41H44P2/c1-29-23-30(2)26-36(25-29)42(37-27-31(3)24-32(4)28-37)33(5)38-20-14-21-39(38)40-19-12-13-22-41(40)43(34-15-8-6-9-16-34)35-17-10-7-11-18-35/h6-13,15-19,22-28,33,38-39H,14,20-21H2,1-5H3. The van der Waals surface area contributed by atoms with Gasteiger partial charge in [0.1, 0.15) is 0 Å². The Morgan fingerprint density at radius 2 is 1.00 bits per heavy atom. The normalized spacial score (nSPS) is 17.5. The summed E-state index contributed by atoms with van der Waals surface area (Å²) in [5.41, 5.74) is 7.68. The summed E-state index contributed by atoms with van der Waals surface area (Å²) >= 11 is 0. The van der Waals surface area contributed by atoms with E-state index >= 15 is 0 Å². The van der Waals surface area contributed by atoms with Crippen LogP contribution in [-0.2, 0) is 0 Å². The van der Waals surface area contributed by atoms with Gasteiger partial charge < -0.3 is 0 Å². The number of aryl methyl sites for hydroxylation is 4. The maximum atomic E-state index is 2.59. The first-order valence-corrected chi connectivity index (χ1v) is 18.6. The van der Waals surface area contributed by atoms with E-state index in [4.69, 9.17) is 0 Å². The SMILES string of the molecule is Cc1cc(C)cc(P(c2cc(C)cc(C)c2)C(C)C2CCCC2c2ccccc2P(c2ccccc2)c2ccccc2)c1. The van der Waals surface area contributed by atoms with Gasteiger partial charge >= 0.3 is 0 Å². The molecule has 1 saturated carbocycles. The molecule has 0 aliphatic heterocycles. The van der Waals surface area contributed by atoms with Gasteiger partial charge in [-0.15, -0.1) is 0 Å². The molecule has 3 atom stereocenters. The molecule has 0 amide bonds. The van der Waals surface area contributed by atoms with E-state index in [1.54, 1.807) is 21.5 Å². The van der Waals surface area contributed by atoms with Crippen molar-refractivity contribution in [3.63, 3.8) is 0 Å². The monoisotopic (exact) mass is 598 g/mol. The van der Waals surface area contributed by atoms with Crippen LogP contribution in [-0.4, -0.2) is 5.66 Å². The number of hydrogen-bond donors (Lipinski definition) is 0. The van der Waals surface area contributed by atoms with Gasteiger partial charge in [-0.1, -0.05) is 157 Å². The Balaban J connectivity index is 1.45. The van der Waals surface area contributed by atoms with Crippen molar-refractivity contribution in [2.75, 3.05) is 0 Å². The fourth-order valence-electron chi connectivity index (χ4n) is 7.53. The van der Waals surface area contributed by atoms with Crippen molar-refractivity contribution in [2.45, 2.75) is 65.5 Å². The van der Waals surface area contributed by atoms with E-state index in [2.05, 4.69) is 156 Å². The molecular weight excluding hydrogens is 554 g/mol. The van der Waals surface area contributed by atoms with Crippen LogP contribution in [0.5, 0.6) is 0 Å². The Morgan fingerprint density at radius 1 is 0.535 bits per heavy atom. The van der Waals surface area contributed by atoms with Gasteiger partial charge in [0.2, 0.25) is 0 Å². The third kappa shape index (κ3) is 6.58. The summed E-state index contributed by atoms with van der Waals surface area (Å²) in [6, 6.07) is 46.5. The lowest BCUT2D eigenvalue weighted by Crippen LogP contribution is -2.30. The second-order valence-corrected chi connectivity index (χ2v) is 17.3. The zero-order chi connectivity index (χ0) is 29.9. The van der Waals surface area contributed by atoms with Crippen LogP contribution in [0, 0.1) is 33.6 Å². The van der Waals surface area contributed by atoms with Crippen LogP contribution in [0.15, 0.2) is 121 Å². The molecule has 1 aliphatic rings. The summed E-state index contributed by atoms with van der Waals surface area (Å²) in [4.78, 5) is 0. The third-order valence-electron chi connectivity index (χ3n) is 9.17. The highest BCUT2D eigenvalue weighted by Gasteiger charge is 2.39. The zero-order valence-electron chi connectivity index (χ0n) is 26.3. The summed E-state index contributed by atoms with van der Waals surface area (Å²) < 4.78 is 0. The molecule has 218 valence electrons. The first kappa shape index (κ1) is 30.0. The summed E-state index contributed by atoms with van der Waals surface area (Å²) in [5, 5.41) is 7.50. The van der Waals surface area contributed by atoms with E-state index in [-0.39, 0.29) is 0 Å². The average molecular weight is 599 g/mol. The van der Waals surface area contributed by atoms with Crippen molar-refractivity contribution in [3.8, 4) is 0 Å². The Morgan fingerprint density at radius 3 is 1.51 bits per heavy atom. The lowest BCUT2D eigenvalue weighted by atomic mass is 9.87. The molecule has 5 aromatic carbocycles. The van der Waals surface area contributed by atoms with Gasteiger partial charge in [0.25, 0.3) is 0 Å². The molecule has 0 radical (unpaired) electrons. The fourth-order valence-corrected chi connectivity index (χ4v) is 13.4. The van der Waals surface area contributed by atoms with Crippen molar-refractivity contribution in [1.29, 1.82) is 0 Å². The minimum atomic E-state index is -0.636. The lowest BCUT2D eigenvalue weighted by molar-refractivity contribution is 0.480. The zero-order valence-corrected chi connectivity index (χ0v) is 28.1. The summed E-state index contributed by atoms with van der Waals surface area (Å²) in [6.45, 7) is 11.6. The molecule has 0 spiro atoms. The average Bonchev–Trinajstić information content (AvgIpc) is 3.48. The second kappa shape index (κ2) is 13.3. The minimum absolute atomic E-state index is 0.512. The molecule has 2 heteroatoms. The smallest absolute Gasteiger partial charge is 0.0116 e. The van der Waals surface area contributed by atoms with E-state index in [1.165, 1.54) is 52.1 Å². The van der Waals surface area contributed by atoms with Gasteiger partial charge in [0.05, 0.1) is 0 Å². The Labute approximate surface area is 262 Å². The third-order valence-corrected chi connectivity index (χ3v) is 14.5. The van der Waals surface area contributed by atoms with Crippen LogP contribution in [0.2, 0.25) is 0 Å². The molecule has 0 saturated heterocycles. The highest BCUT2D eigenvalue weighted by atomic mass is 31.1. The molecule has 0 nitrogen and oxygen atoms in total. The van der Waals surface area contributed by atoms with Crippen molar-refractivity contribution >= 4 is 42.4 Å². The van der Waals surface area contributed by atoms with E-state index in [0.717, 1.165) is 0 Å². The van der Waals surface area contributed by atoms with Gasteiger partial charge in [0, 0.05) is 0 Å². The fraction of sp³-hybridized carbons (Fsp3) is 0.268. The van der Waals surface area contributed by atoms with Crippen molar-refractivity contribution in [3.05, 3.63) is 149 Å². The summed E-state index contributed by atoms with van der Waals surface area (Å²) in [7, 11) is -1.15. The van der Waals surface area contributed by atoms with Crippen LogP contribution < -0.4 is 26.5 Å². The first-order chi connectivity index (χ1) is 20.9. The van der Waals surface area contributed by atoms with E-state index in [9.17, 15) is 0 Å². The minimum Gasteiger partial charge on any atom is -0.0622 e. The molecule has 3 unspecified atom stereocenters. The van der Waals surface area contributed by atoms with Crippen LogP contribution in [0.25, 0.3) is 0 Å².